The predicted molar refractivity (Wildman–Crippen MR) is 69.1 cm³/mol. The molecule has 0 radical (unpaired) electrons. The van der Waals surface area contributed by atoms with Crippen molar-refractivity contribution in [3.63, 3.8) is 0 Å². The molecule has 6 heteroatoms. The highest BCUT2D eigenvalue weighted by molar-refractivity contribution is 7.99. The summed E-state index contributed by atoms with van der Waals surface area (Å²) in [6.07, 6.45) is 0. The lowest BCUT2D eigenvalue weighted by atomic mass is 10.4. The van der Waals surface area contributed by atoms with Crippen LogP contribution in [0.2, 0.25) is 0 Å². The molecule has 90 valence electrons. The van der Waals surface area contributed by atoms with Crippen LogP contribution in [0.4, 0.5) is 11.9 Å². The third kappa shape index (κ3) is 4.22. The number of hydrogen-bond donors (Lipinski definition) is 2. The van der Waals surface area contributed by atoms with Crippen molar-refractivity contribution in [3.8, 4) is 0 Å². The number of rotatable bonds is 6. The van der Waals surface area contributed by atoms with E-state index in [9.17, 15) is 0 Å². The van der Waals surface area contributed by atoms with Gasteiger partial charge in [-0.2, -0.15) is 15.0 Å². The molecule has 0 aromatic carbocycles. The van der Waals surface area contributed by atoms with Crippen molar-refractivity contribution in [2.24, 2.45) is 0 Å². The first kappa shape index (κ1) is 13.0. The van der Waals surface area contributed by atoms with E-state index in [4.69, 9.17) is 0 Å². The molecule has 0 unspecified atom stereocenters. The van der Waals surface area contributed by atoms with Crippen molar-refractivity contribution in [3.05, 3.63) is 0 Å². The maximum Gasteiger partial charge on any atom is 0.228 e. The van der Waals surface area contributed by atoms with Crippen LogP contribution in [0.1, 0.15) is 27.7 Å². The van der Waals surface area contributed by atoms with Crippen LogP contribution >= 0.6 is 11.8 Å². The number of nitrogens with one attached hydrogen (secondary N) is 2. The first-order valence-corrected chi connectivity index (χ1v) is 6.53. The SMILES string of the molecule is CCNc1nc(NC(C)C)nc(SCC)n1. The molecule has 0 amide bonds. The molecule has 1 aromatic rings. The third-order valence-corrected chi connectivity index (χ3v) is 2.37. The van der Waals surface area contributed by atoms with Gasteiger partial charge in [-0.05, 0) is 26.5 Å². The zero-order valence-electron chi connectivity index (χ0n) is 10.2. The lowest BCUT2D eigenvalue weighted by molar-refractivity contribution is 0.835. The number of hydrogen-bond acceptors (Lipinski definition) is 6. The Kier molecular flexibility index (Phi) is 5.31. The molecule has 0 fully saturated rings. The quantitative estimate of drug-likeness (QED) is 0.745. The summed E-state index contributed by atoms with van der Waals surface area (Å²) in [6.45, 7) is 9.02. The summed E-state index contributed by atoms with van der Waals surface area (Å²) in [7, 11) is 0. The van der Waals surface area contributed by atoms with Crippen molar-refractivity contribution in [1.29, 1.82) is 0 Å². The van der Waals surface area contributed by atoms with E-state index in [1.165, 1.54) is 0 Å². The summed E-state index contributed by atoms with van der Waals surface area (Å²) in [5, 5.41) is 7.05. The molecular formula is C10H19N5S. The average molecular weight is 241 g/mol. The van der Waals surface area contributed by atoms with Crippen molar-refractivity contribution in [1.82, 2.24) is 15.0 Å². The van der Waals surface area contributed by atoms with E-state index >= 15 is 0 Å². The summed E-state index contributed by atoms with van der Waals surface area (Å²) >= 11 is 1.61. The molecule has 2 N–H and O–H groups in total. The number of thioether (sulfide) groups is 1. The highest BCUT2D eigenvalue weighted by atomic mass is 32.2. The number of nitrogens with zero attached hydrogens (tertiary/aromatic N) is 3. The highest BCUT2D eigenvalue weighted by Gasteiger charge is 2.06. The molecule has 0 aliphatic carbocycles. The van der Waals surface area contributed by atoms with Crippen molar-refractivity contribution in [2.75, 3.05) is 22.9 Å². The largest absolute Gasteiger partial charge is 0.354 e. The maximum atomic E-state index is 4.34. The van der Waals surface area contributed by atoms with Gasteiger partial charge in [-0.15, -0.1) is 0 Å². The van der Waals surface area contributed by atoms with Gasteiger partial charge in [0.2, 0.25) is 11.9 Å². The lowest BCUT2D eigenvalue weighted by Gasteiger charge is -2.10. The van der Waals surface area contributed by atoms with E-state index in [2.05, 4.69) is 46.4 Å². The predicted octanol–water partition coefficient (Wildman–Crippen LogP) is 2.24. The standard InChI is InChI=1S/C10H19N5S/c1-5-11-8-13-9(12-7(3)4)15-10(14-8)16-6-2/h7H,5-6H2,1-4H3,(H2,11,12,13,14,15). The minimum Gasteiger partial charge on any atom is -0.354 e. The fraction of sp³-hybridized carbons (Fsp3) is 0.700. The van der Waals surface area contributed by atoms with Gasteiger partial charge in [0.1, 0.15) is 0 Å². The van der Waals surface area contributed by atoms with Crippen LogP contribution in [-0.4, -0.2) is 33.3 Å². The second-order valence-corrected chi connectivity index (χ2v) is 4.76. The molecular weight excluding hydrogens is 222 g/mol. The smallest absolute Gasteiger partial charge is 0.228 e. The van der Waals surface area contributed by atoms with E-state index in [1.807, 2.05) is 6.92 Å². The molecule has 16 heavy (non-hydrogen) atoms. The first-order valence-electron chi connectivity index (χ1n) is 5.55. The molecule has 0 saturated heterocycles. The van der Waals surface area contributed by atoms with Crippen LogP contribution in [0.5, 0.6) is 0 Å². The van der Waals surface area contributed by atoms with Crippen LogP contribution in [-0.2, 0) is 0 Å². The molecule has 1 heterocycles. The third-order valence-electron chi connectivity index (χ3n) is 1.64. The minimum absolute atomic E-state index is 0.316. The van der Waals surface area contributed by atoms with Crippen LogP contribution < -0.4 is 10.6 Å². The van der Waals surface area contributed by atoms with Crippen LogP contribution in [0.3, 0.4) is 0 Å². The Hall–Kier alpha value is -1.04. The Balaban J connectivity index is 2.88. The summed E-state index contributed by atoms with van der Waals surface area (Å²) in [5.74, 6) is 2.23. The van der Waals surface area contributed by atoms with Gasteiger partial charge in [-0.1, -0.05) is 18.7 Å². The number of anilines is 2. The van der Waals surface area contributed by atoms with Gasteiger partial charge in [0.15, 0.2) is 5.16 Å². The van der Waals surface area contributed by atoms with Gasteiger partial charge in [0.05, 0.1) is 0 Å². The molecule has 1 rings (SSSR count). The van der Waals surface area contributed by atoms with E-state index in [-0.39, 0.29) is 0 Å². The van der Waals surface area contributed by atoms with E-state index < -0.39 is 0 Å². The maximum absolute atomic E-state index is 4.34. The normalized spacial score (nSPS) is 10.6. The van der Waals surface area contributed by atoms with Gasteiger partial charge in [0.25, 0.3) is 0 Å². The first-order chi connectivity index (χ1) is 7.65. The molecule has 0 atom stereocenters. The van der Waals surface area contributed by atoms with Gasteiger partial charge in [-0.25, -0.2) is 0 Å². The zero-order chi connectivity index (χ0) is 12.0. The van der Waals surface area contributed by atoms with Gasteiger partial charge < -0.3 is 10.6 Å². The minimum atomic E-state index is 0.316. The lowest BCUT2D eigenvalue weighted by Crippen LogP contribution is -2.15. The zero-order valence-corrected chi connectivity index (χ0v) is 11.1. The monoisotopic (exact) mass is 241 g/mol. The Labute approximate surface area is 101 Å². The van der Waals surface area contributed by atoms with Crippen molar-refractivity contribution >= 4 is 23.7 Å². The summed E-state index contributed by atoms with van der Waals surface area (Å²) < 4.78 is 0. The second kappa shape index (κ2) is 6.52. The molecule has 0 spiro atoms. The number of aromatic nitrogens is 3. The highest BCUT2D eigenvalue weighted by Crippen LogP contribution is 2.16. The Morgan fingerprint density at radius 2 is 1.81 bits per heavy atom. The molecule has 0 bridgehead atoms. The Morgan fingerprint density at radius 1 is 1.12 bits per heavy atom. The fourth-order valence-electron chi connectivity index (χ4n) is 1.11. The second-order valence-electron chi connectivity index (χ2n) is 3.53. The molecule has 1 aromatic heterocycles. The van der Waals surface area contributed by atoms with Crippen LogP contribution in [0.25, 0.3) is 0 Å². The van der Waals surface area contributed by atoms with E-state index in [1.54, 1.807) is 11.8 Å². The fourth-order valence-corrected chi connectivity index (χ4v) is 1.67. The van der Waals surface area contributed by atoms with Gasteiger partial charge in [-0.3, -0.25) is 0 Å². The molecule has 0 saturated carbocycles. The van der Waals surface area contributed by atoms with Crippen molar-refractivity contribution < 1.29 is 0 Å². The molecule has 5 nitrogen and oxygen atoms in total. The summed E-state index contributed by atoms with van der Waals surface area (Å²) in [4.78, 5) is 12.9. The average Bonchev–Trinajstić information content (AvgIpc) is 2.17. The Bertz CT molecular complexity index is 305. The topological polar surface area (TPSA) is 62.7 Å². The van der Waals surface area contributed by atoms with Crippen LogP contribution in [0.15, 0.2) is 5.16 Å². The summed E-state index contributed by atoms with van der Waals surface area (Å²) in [6, 6.07) is 0.316. The van der Waals surface area contributed by atoms with Gasteiger partial charge in [0, 0.05) is 12.6 Å². The molecule has 0 aliphatic rings. The molecule has 0 aliphatic heterocycles. The summed E-state index contributed by atoms with van der Waals surface area (Å²) in [5.41, 5.74) is 0. The van der Waals surface area contributed by atoms with Crippen molar-refractivity contribution in [2.45, 2.75) is 38.9 Å². The van der Waals surface area contributed by atoms with Crippen LogP contribution in [0, 0.1) is 0 Å². The van der Waals surface area contributed by atoms with E-state index in [0.29, 0.717) is 17.9 Å². The van der Waals surface area contributed by atoms with Gasteiger partial charge >= 0.3 is 0 Å². The van der Waals surface area contributed by atoms with E-state index in [0.717, 1.165) is 17.5 Å². The Morgan fingerprint density at radius 3 is 2.38 bits per heavy atom.